The summed E-state index contributed by atoms with van der Waals surface area (Å²) in [5, 5.41) is 0. The minimum absolute atomic E-state index is 0.800. The Balaban J connectivity index is 0.000000168. The molecular weight excluding hydrogens is 993 g/mol. The second-order valence-electron chi connectivity index (χ2n) is 30.0. The average molecular weight is 1120 g/mol. The minimum atomic E-state index is 0.800. The molecule has 4 heterocycles. The fourth-order valence-corrected chi connectivity index (χ4v) is 16.3. The summed E-state index contributed by atoms with van der Waals surface area (Å²) in [5.74, 6) is 15.2. The van der Waals surface area contributed by atoms with Gasteiger partial charge in [-0.25, -0.2) is 0 Å². The third-order valence-electron chi connectivity index (χ3n) is 21.5. The molecule has 2 atom stereocenters. The predicted molar refractivity (Wildman–Crippen MR) is 356 cm³/mol. The van der Waals surface area contributed by atoms with E-state index in [1.807, 2.05) is 95.5 Å². The van der Waals surface area contributed by atoms with Gasteiger partial charge in [0.05, 0.1) is 0 Å². The zero-order valence-corrected chi connectivity index (χ0v) is 55.7. The van der Waals surface area contributed by atoms with E-state index in [2.05, 4.69) is 81.4 Å². The lowest BCUT2D eigenvalue weighted by molar-refractivity contribution is -0.0411. The summed E-state index contributed by atoms with van der Waals surface area (Å²) < 4.78 is 0. The van der Waals surface area contributed by atoms with Crippen molar-refractivity contribution >= 4 is 0 Å². The highest BCUT2D eigenvalue weighted by molar-refractivity contribution is 5.10. The summed E-state index contributed by atoms with van der Waals surface area (Å²) in [6.45, 7) is 29.3. The van der Waals surface area contributed by atoms with Gasteiger partial charge in [0, 0.05) is 48.6 Å². The molecule has 0 aliphatic heterocycles. The van der Waals surface area contributed by atoms with E-state index in [4.69, 9.17) is 0 Å². The van der Waals surface area contributed by atoms with E-state index in [1.165, 1.54) is 139 Å². The molecule has 4 aromatic heterocycles. The molecule has 12 fully saturated rings. The lowest BCUT2D eigenvalue weighted by atomic mass is 9.50. The molecule has 4 aromatic rings. The van der Waals surface area contributed by atoms with Crippen LogP contribution in [-0.4, -0.2) is 19.9 Å². The van der Waals surface area contributed by atoms with E-state index >= 15 is 0 Å². The highest BCUT2D eigenvalue weighted by Gasteiger charge is 2.48. The highest BCUT2D eigenvalue weighted by atomic mass is 14.7. The molecule has 4 heteroatoms. The molecule has 0 aromatic carbocycles. The van der Waals surface area contributed by atoms with Gasteiger partial charge in [-0.1, -0.05) is 196 Å². The Kier molecular flexibility index (Phi) is 32.7. The number of aryl methyl sites for hydroxylation is 5. The van der Waals surface area contributed by atoms with Crippen LogP contribution in [0.4, 0.5) is 0 Å². The highest BCUT2D eigenvalue weighted by Crippen LogP contribution is 2.60. The predicted octanol–water partition coefficient (Wildman–Crippen LogP) is 23.4. The van der Waals surface area contributed by atoms with Crippen LogP contribution >= 0.6 is 0 Å². The van der Waals surface area contributed by atoms with Gasteiger partial charge in [0.15, 0.2) is 0 Å². The van der Waals surface area contributed by atoms with Gasteiger partial charge in [0.1, 0.15) is 0 Å². The van der Waals surface area contributed by atoms with Crippen molar-refractivity contribution in [2.75, 3.05) is 0 Å². The lowest BCUT2D eigenvalue weighted by Gasteiger charge is -2.55. The van der Waals surface area contributed by atoms with Gasteiger partial charge in [-0.2, -0.15) is 0 Å². The maximum atomic E-state index is 4.08. The van der Waals surface area contributed by atoms with Crippen LogP contribution in [0.1, 0.15) is 276 Å². The molecule has 4 nitrogen and oxygen atoms in total. The number of hydrogen-bond donors (Lipinski definition) is 0. The maximum absolute atomic E-state index is 4.08. The van der Waals surface area contributed by atoms with Crippen LogP contribution in [0.5, 0.6) is 0 Å². The van der Waals surface area contributed by atoms with Crippen molar-refractivity contribution in [2.45, 2.75) is 283 Å². The lowest BCUT2D eigenvalue weighted by Crippen LogP contribution is -2.44. The fourth-order valence-electron chi connectivity index (χ4n) is 16.3. The largest absolute Gasteiger partial charge is 0.265 e. The first-order chi connectivity index (χ1) is 39.4. The van der Waals surface area contributed by atoms with Gasteiger partial charge in [-0.15, -0.1) is 0 Å². The quantitative estimate of drug-likeness (QED) is 0.165. The fraction of sp³-hybridized carbons (Fsp3) is 0.744. The second kappa shape index (κ2) is 38.6. The Hall–Kier alpha value is -3.40. The van der Waals surface area contributed by atoms with Gasteiger partial charge < -0.3 is 0 Å². The zero-order chi connectivity index (χ0) is 59.1. The zero-order valence-electron chi connectivity index (χ0n) is 55.7. The van der Waals surface area contributed by atoms with Crippen LogP contribution < -0.4 is 0 Å². The summed E-state index contributed by atoms with van der Waals surface area (Å²) in [5.41, 5.74) is 6.64. The third kappa shape index (κ3) is 28.7. The minimum Gasteiger partial charge on any atom is -0.265 e. The monoisotopic (exact) mass is 1120 g/mol. The van der Waals surface area contributed by atoms with Crippen LogP contribution in [0, 0.1) is 123 Å². The number of rotatable bonds is 0. The van der Waals surface area contributed by atoms with Crippen molar-refractivity contribution in [3.05, 3.63) is 120 Å². The molecule has 12 aliphatic carbocycles. The molecule has 0 amide bonds. The Morgan fingerprint density at radius 1 is 0.341 bits per heavy atom. The summed E-state index contributed by atoms with van der Waals surface area (Å²) >= 11 is 0. The topological polar surface area (TPSA) is 51.6 Å². The van der Waals surface area contributed by atoms with Crippen molar-refractivity contribution in [1.29, 1.82) is 0 Å². The number of hydrogen-bond acceptors (Lipinski definition) is 4. The SMILES string of the molecule is CC12CC3CC(CC(C3)C1)C2.CC1C2CC3CC(C2)CC1C3.CC1CCC(C)CC1.CC1CCCCC1.CC1CCCCC1C.CC1CCCCCC1.Cc1ccc(C)nc1.Cc1ccccn1.Cc1cccnc1.Cc1ccncc1. The molecule has 2 unspecified atom stereocenters. The Morgan fingerprint density at radius 3 is 1.09 bits per heavy atom. The molecule has 8 bridgehead atoms. The van der Waals surface area contributed by atoms with E-state index < -0.39 is 0 Å². The van der Waals surface area contributed by atoms with Crippen molar-refractivity contribution in [2.24, 2.45) is 88.3 Å². The summed E-state index contributed by atoms with van der Waals surface area (Å²) in [6, 6.07) is 17.8. The first-order valence-corrected chi connectivity index (χ1v) is 34.9. The summed E-state index contributed by atoms with van der Waals surface area (Å²) in [4.78, 5) is 15.8. The van der Waals surface area contributed by atoms with Crippen LogP contribution in [0.2, 0.25) is 0 Å². The molecular formula is C78H128N4. The summed E-state index contributed by atoms with van der Waals surface area (Å²) in [7, 11) is 0. The smallest absolute Gasteiger partial charge is 0.0372 e. The Morgan fingerprint density at radius 2 is 0.768 bits per heavy atom. The van der Waals surface area contributed by atoms with Gasteiger partial charge >= 0.3 is 0 Å². The molecule has 12 saturated carbocycles. The van der Waals surface area contributed by atoms with Gasteiger partial charge in [-0.05, 0) is 247 Å². The van der Waals surface area contributed by atoms with Crippen LogP contribution in [-0.2, 0) is 0 Å². The first kappa shape index (κ1) is 69.4. The van der Waals surface area contributed by atoms with Crippen LogP contribution in [0.15, 0.2) is 91.8 Å². The summed E-state index contributed by atoms with van der Waals surface area (Å²) in [6.07, 6.45) is 56.4. The van der Waals surface area contributed by atoms with Crippen molar-refractivity contribution < 1.29 is 0 Å². The van der Waals surface area contributed by atoms with Crippen LogP contribution in [0.3, 0.4) is 0 Å². The Labute approximate surface area is 508 Å². The van der Waals surface area contributed by atoms with E-state index in [0.29, 0.717) is 0 Å². The maximum Gasteiger partial charge on any atom is 0.0372 e. The molecule has 0 N–H and O–H groups in total. The molecule has 16 rings (SSSR count). The third-order valence-corrected chi connectivity index (χ3v) is 21.5. The molecule has 0 radical (unpaired) electrons. The van der Waals surface area contributed by atoms with Crippen molar-refractivity contribution in [3.8, 4) is 0 Å². The molecule has 12 aliphatic rings. The number of aromatic nitrogens is 4. The van der Waals surface area contributed by atoms with Gasteiger partial charge in [-0.3, -0.25) is 19.9 Å². The standard InChI is InChI=1S/2C11H18.3C8H16.C7H9N.C7H14.3C6H7N/c1-11-5-8-2-9(6-11)4-10(3-8)7-11;1-7-10-3-8-2-9(5-10)6-11(7)4-8;1-7-3-5-8(2)6-4-7;1-7-5-3-4-6-8(7)2;1-8-6-4-2-3-5-7-8;1-6-3-4-7(2)8-5-6;1-7-5-3-2-4-6-7;1-6-2-4-7-5-3-6;1-6-3-2-4-7-5-6;1-6-4-2-3-5-7-6/h8-10H,2-7H2,1H3;7-11H,2-6H2,1H3;2*7-8H,3-6H2,1-2H3;8H,2-7H2,1H3;3-5H,1-2H3;7H,2-6H2,1H3;3*2-5H,1H3. The number of nitrogens with zero attached hydrogens (tertiary/aromatic N) is 4. The molecule has 460 valence electrons. The van der Waals surface area contributed by atoms with Gasteiger partial charge in [0.2, 0.25) is 0 Å². The van der Waals surface area contributed by atoms with E-state index in [0.717, 1.165) is 99.7 Å². The van der Waals surface area contributed by atoms with E-state index in [9.17, 15) is 0 Å². The van der Waals surface area contributed by atoms with Gasteiger partial charge in [0.25, 0.3) is 0 Å². The Bertz CT molecular complexity index is 1960. The van der Waals surface area contributed by atoms with Crippen molar-refractivity contribution in [3.63, 3.8) is 0 Å². The van der Waals surface area contributed by atoms with Crippen LogP contribution in [0.25, 0.3) is 0 Å². The molecule has 0 spiro atoms. The van der Waals surface area contributed by atoms with E-state index in [1.54, 1.807) is 95.4 Å². The normalized spacial score (nSPS) is 31.7. The first-order valence-electron chi connectivity index (χ1n) is 34.9. The number of pyridine rings is 4. The average Bonchev–Trinajstić information content (AvgIpc) is 2.75. The second-order valence-corrected chi connectivity index (χ2v) is 30.0. The molecule has 82 heavy (non-hydrogen) atoms. The van der Waals surface area contributed by atoms with Crippen molar-refractivity contribution in [1.82, 2.24) is 19.9 Å². The van der Waals surface area contributed by atoms with E-state index in [-0.39, 0.29) is 0 Å². The molecule has 0 saturated heterocycles.